The van der Waals surface area contributed by atoms with Crippen LogP contribution in [0.4, 0.5) is 5.82 Å². The summed E-state index contributed by atoms with van der Waals surface area (Å²) in [6.07, 6.45) is 6.42. The second kappa shape index (κ2) is 11.8. The first-order valence-electron chi connectivity index (χ1n) is 11.9. The molecule has 1 aromatic heterocycles. The molecule has 0 aliphatic heterocycles. The molecule has 6 heteroatoms. The molecule has 1 heterocycles. The number of hydrogen-bond acceptors (Lipinski definition) is 3. The third-order valence-corrected chi connectivity index (χ3v) is 5.59. The Bertz CT molecular complexity index is 878. The lowest BCUT2D eigenvalue weighted by Gasteiger charge is -2.22. The Hall–Kier alpha value is -2.63. The van der Waals surface area contributed by atoms with Crippen LogP contribution < -0.4 is 5.32 Å². The number of benzene rings is 1. The average molecular weight is 441 g/mol. The third kappa shape index (κ3) is 7.50. The lowest BCUT2D eigenvalue weighted by molar-refractivity contribution is -0.117. The largest absolute Gasteiger partial charge is 0.329 e. The zero-order chi connectivity index (χ0) is 23.7. The van der Waals surface area contributed by atoms with E-state index in [1.54, 1.807) is 9.58 Å². The van der Waals surface area contributed by atoms with Crippen molar-refractivity contribution in [3.8, 4) is 0 Å². The van der Waals surface area contributed by atoms with Crippen LogP contribution in [0.5, 0.6) is 0 Å². The number of aromatic nitrogens is 2. The first kappa shape index (κ1) is 25.6. The van der Waals surface area contributed by atoms with Crippen molar-refractivity contribution >= 4 is 17.6 Å². The molecular formula is C26H40N4O2. The number of anilines is 1. The van der Waals surface area contributed by atoms with Crippen LogP contribution in [-0.2, 0) is 23.7 Å². The van der Waals surface area contributed by atoms with Crippen LogP contribution in [0.1, 0.15) is 88.3 Å². The zero-order valence-electron chi connectivity index (χ0n) is 20.7. The first-order chi connectivity index (χ1) is 15.2. The van der Waals surface area contributed by atoms with Gasteiger partial charge in [-0.3, -0.25) is 14.3 Å². The second-order valence-electron chi connectivity index (χ2n) is 9.57. The van der Waals surface area contributed by atoms with Gasteiger partial charge in [0, 0.05) is 30.6 Å². The molecular weight excluding hydrogens is 400 g/mol. The average Bonchev–Trinajstić information content (AvgIpc) is 3.12. The van der Waals surface area contributed by atoms with Crippen molar-refractivity contribution in [3.05, 3.63) is 47.2 Å². The fraction of sp³-hybridized carbons (Fsp3) is 0.577. The second-order valence-corrected chi connectivity index (χ2v) is 9.57. The van der Waals surface area contributed by atoms with E-state index in [1.807, 2.05) is 37.4 Å². The van der Waals surface area contributed by atoms with E-state index in [0.717, 1.165) is 31.4 Å². The molecule has 0 aliphatic carbocycles. The first-order valence-corrected chi connectivity index (χ1v) is 11.9. The fourth-order valence-corrected chi connectivity index (χ4v) is 3.48. The number of unbranched alkanes of at least 4 members (excludes halogenated alkanes) is 3. The van der Waals surface area contributed by atoms with Gasteiger partial charge < -0.3 is 10.2 Å². The van der Waals surface area contributed by atoms with Crippen LogP contribution in [0.2, 0.25) is 0 Å². The lowest BCUT2D eigenvalue weighted by Crippen LogP contribution is -2.38. The van der Waals surface area contributed by atoms with Gasteiger partial charge in [-0.1, -0.05) is 66.0 Å². The fourth-order valence-electron chi connectivity index (χ4n) is 3.48. The monoisotopic (exact) mass is 440 g/mol. The molecule has 1 aromatic carbocycles. The number of aryl methyl sites for hydroxylation is 2. The Morgan fingerprint density at radius 3 is 2.25 bits per heavy atom. The van der Waals surface area contributed by atoms with Crippen molar-refractivity contribution in [1.29, 1.82) is 0 Å². The van der Waals surface area contributed by atoms with Gasteiger partial charge in [-0.15, -0.1) is 0 Å². The van der Waals surface area contributed by atoms with Gasteiger partial charge in [0.2, 0.25) is 5.91 Å². The Morgan fingerprint density at radius 1 is 1.03 bits per heavy atom. The van der Waals surface area contributed by atoms with E-state index in [0.29, 0.717) is 17.9 Å². The van der Waals surface area contributed by atoms with Gasteiger partial charge in [0.1, 0.15) is 12.4 Å². The van der Waals surface area contributed by atoms with Crippen molar-refractivity contribution in [3.63, 3.8) is 0 Å². The molecule has 2 aromatic rings. The number of carbonyl (C=O) groups excluding carboxylic acids is 2. The van der Waals surface area contributed by atoms with Crippen molar-refractivity contribution in [2.24, 2.45) is 7.05 Å². The molecule has 2 amide bonds. The number of carbonyl (C=O) groups is 2. The normalized spacial score (nSPS) is 11.4. The summed E-state index contributed by atoms with van der Waals surface area (Å²) in [4.78, 5) is 27.6. The highest BCUT2D eigenvalue weighted by molar-refractivity contribution is 5.99. The summed E-state index contributed by atoms with van der Waals surface area (Å²) < 4.78 is 1.67. The molecule has 1 N–H and O–H groups in total. The lowest BCUT2D eigenvalue weighted by atomic mass is 9.92. The Balaban J connectivity index is 2.06. The number of nitrogens with zero attached hydrogens (tertiary/aromatic N) is 3. The van der Waals surface area contributed by atoms with Crippen molar-refractivity contribution in [2.75, 3.05) is 18.4 Å². The van der Waals surface area contributed by atoms with Crippen molar-refractivity contribution in [1.82, 2.24) is 14.7 Å². The highest BCUT2D eigenvalue weighted by atomic mass is 16.2. The van der Waals surface area contributed by atoms with Gasteiger partial charge >= 0.3 is 0 Å². The van der Waals surface area contributed by atoms with Crippen LogP contribution in [0.3, 0.4) is 0 Å². The van der Waals surface area contributed by atoms with Gasteiger partial charge in [-0.05, 0) is 37.0 Å². The Labute approximate surface area is 193 Å². The predicted molar refractivity (Wildman–Crippen MR) is 131 cm³/mol. The van der Waals surface area contributed by atoms with E-state index in [9.17, 15) is 9.59 Å². The Morgan fingerprint density at radius 2 is 1.69 bits per heavy atom. The summed E-state index contributed by atoms with van der Waals surface area (Å²) in [5, 5.41) is 7.42. The van der Waals surface area contributed by atoms with E-state index in [-0.39, 0.29) is 23.8 Å². The van der Waals surface area contributed by atoms with Crippen LogP contribution in [0, 0.1) is 0 Å². The maximum atomic E-state index is 13.1. The molecule has 2 rings (SSSR count). The molecule has 0 atom stereocenters. The molecule has 0 spiro atoms. The number of amides is 2. The van der Waals surface area contributed by atoms with Crippen LogP contribution in [0.25, 0.3) is 0 Å². The summed E-state index contributed by atoms with van der Waals surface area (Å²) in [5.41, 5.74) is 2.68. The number of hydrogen-bond donors (Lipinski definition) is 1. The van der Waals surface area contributed by atoms with Crippen LogP contribution in [-0.4, -0.2) is 39.6 Å². The number of rotatable bonds is 11. The Kier molecular flexibility index (Phi) is 9.48. The molecule has 0 radical (unpaired) electrons. The quantitative estimate of drug-likeness (QED) is 0.480. The van der Waals surface area contributed by atoms with Gasteiger partial charge in [0.05, 0.1) is 5.69 Å². The summed E-state index contributed by atoms with van der Waals surface area (Å²) in [5.74, 6) is 0.322. The molecule has 0 fully saturated rings. The third-order valence-electron chi connectivity index (χ3n) is 5.59. The van der Waals surface area contributed by atoms with Crippen LogP contribution in [0.15, 0.2) is 30.3 Å². The van der Waals surface area contributed by atoms with Gasteiger partial charge in [-0.25, -0.2) is 0 Å². The van der Waals surface area contributed by atoms with E-state index < -0.39 is 0 Å². The minimum atomic E-state index is -0.214. The minimum absolute atomic E-state index is 0.0209. The highest BCUT2D eigenvalue weighted by Gasteiger charge is 2.22. The number of nitrogens with one attached hydrogen (secondary N) is 1. The molecule has 0 bridgehead atoms. The molecule has 0 saturated heterocycles. The highest BCUT2D eigenvalue weighted by Crippen LogP contribution is 2.23. The topological polar surface area (TPSA) is 67.2 Å². The molecule has 0 aliphatic rings. The minimum Gasteiger partial charge on any atom is -0.329 e. The molecule has 0 saturated carbocycles. The van der Waals surface area contributed by atoms with Gasteiger partial charge in [0.15, 0.2) is 0 Å². The van der Waals surface area contributed by atoms with Crippen LogP contribution >= 0.6 is 0 Å². The van der Waals surface area contributed by atoms with E-state index in [2.05, 4.69) is 45.0 Å². The zero-order valence-corrected chi connectivity index (χ0v) is 20.7. The van der Waals surface area contributed by atoms with Crippen molar-refractivity contribution in [2.45, 2.75) is 78.6 Å². The van der Waals surface area contributed by atoms with E-state index in [4.69, 9.17) is 0 Å². The smallest absolute Gasteiger partial charge is 0.254 e. The standard InChI is InChI=1S/C26H40N4O2/c1-7-9-11-12-20-13-15-21(16-14-20)25(32)30(17-10-8-2)19-24(31)27-23-18-22(26(3,4)5)28-29(23)6/h13-16,18H,7-12,17,19H2,1-6H3,(H,27,31). The van der Waals surface area contributed by atoms with E-state index >= 15 is 0 Å². The summed E-state index contributed by atoms with van der Waals surface area (Å²) in [6, 6.07) is 9.73. The molecule has 176 valence electrons. The van der Waals surface area contributed by atoms with Gasteiger partial charge in [0.25, 0.3) is 5.91 Å². The maximum Gasteiger partial charge on any atom is 0.254 e. The van der Waals surface area contributed by atoms with Crippen molar-refractivity contribution < 1.29 is 9.59 Å². The predicted octanol–water partition coefficient (Wildman–Crippen LogP) is 5.33. The maximum absolute atomic E-state index is 13.1. The summed E-state index contributed by atoms with van der Waals surface area (Å²) in [6.45, 7) is 11.1. The molecule has 32 heavy (non-hydrogen) atoms. The molecule has 6 nitrogen and oxygen atoms in total. The van der Waals surface area contributed by atoms with Gasteiger partial charge in [-0.2, -0.15) is 5.10 Å². The molecule has 0 unspecified atom stereocenters. The van der Waals surface area contributed by atoms with E-state index in [1.165, 1.54) is 18.4 Å². The summed E-state index contributed by atoms with van der Waals surface area (Å²) >= 11 is 0. The SMILES string of the molecule is CCCCCc1ccc(C(=O)N(CCCC)CC(=O)Nc2cc(C(C)(C)C)nn2C)cc1. The summed E-state index contributed by atoms with van der Waals surface area (Å²) in [7, 11) is 1.81.